The van der Waals surface area contributed by atoms with E-state index in [1.165, 1.54) is 222 Å². The Morgan fingerprint density at radius 2 is 0.662 bits per heavy atom. The van der Waals surface area contributed by atoms with Crippen LogP contribution < -0.4 is 0 Å². The maximum Gasteiger partial charge on any atom is 0.114 e. The van der Waals surface area contributed by atoms with Crippen LogP contribution in [0.25, 0.3) is 51.4 Å². The SMILES string of the molecule is CCCCCCCCC1(CCCCCCCC)c2cc(C)sc2-c2sc(-c3ccc(-c4cc5c(s4)-c4sc(C)cc4C5(CCCCCCCC)CCCCCCCC)c4nsnc34)cc21. The molecule has 8 rings (SSSR count). The van der Waals surface area contributed by atoms with E-state index in [2.05, 4.69) is 77.9 Å². The lowest BCUT2D eigenvalue weighted by molar-refractivity contribution is 0.398. The number of rotatable bonds is 30. The number of unbranched alkanes of at least 4 members (excludes halogenated alkanes) is 20. The number of fused-ring (bicyclic) bond motifs is 7. The first-order valence-corrected chi connectivity index (χ1v) is 30.7. The van der Waals surface area contributed by atoms with Crippen LogP contribution in [0.3, 0.4) is 0 Å². The fraction of sp³-hybridized carbons (Fsp3) is 0.621. The molecule has 2 aliphatic carbocycles. The smallest absolute Gasteiger partial charge is 0.114 e. The highest BCUT2D eigenvalue weighted by Gasteiger charge is 2.47. The highest BCUT2D eigenvalue weighted by Crippen LogP contribution is 2.63. The zero-order valence-corrected chi connectivity index (χ0v) is 45.3. The van der Waals surface area contributed by atoms with Gasteiger partial charge in [-0.1, -0.05) is 194 Å². The second-order valence-corrected chi connectivity index (χ2v) is 25.4. The highest BCUT2D eigenvalue weighted by atomic mass is 32.1. The minimum atomic E-state index is 0.132. The van der Waals surface area contributed by atoms with E-state index in [0.29, 0.717) is 0 Å². The van der Waals surface area contributed by atoms with Crippen molar-refractivity contribution in [3.63, 3.8) is 0 Å². The molecule has 352 valence electrons. The molecule has 2 nitrogen and oxygen atoms in total. The molecule has 65 heavy (non-hydrogen) atoms. The Morgan fingerprint density at radius 1 is 0.369 bits per heavy atom. The van der Waals surface area contributed by atoms with Gasteiger partial charge >= 0.3 is 0 Å². The van der Waals surface area contributed by atoms with Crippen LogP contribution >= 0.6 is 57.1 Å². The standard InChI is InChI=1S/C58H80N2S5/c1-7-11-15-19-23-27-33-57(34-28-24-20-16-12-8-2)45-37-41(5)61-53(45)55-47(57)39-49(63-55)43-31-32-44(52-51(43)59-65-60-52)50-40-48-56(64-50)54-46(38-42(6)62-54)58(48,35-29-25-21-17-13-9-3)36-30-26-22-18-14-10-4/h31-32,37-40H,7-30,33-36H2,1-6H3. The molecule has 0 bridgehead atoms. The monoisotopic (exact) mass is 964 g/mol. The Hall–Kier alpha value is -2.16. The van der Waals surface area contributed by atoms with Crippen LogP contribution in [0.2, 0.25) is 0 Å². The van der Waals surface area contributed by atoms with E-state index in [1.807, 2.05) is 45.3 Å². The van der Waals surface area contributed by atoms with E-state index in [4.69, 9.17) is 8.75 Å². The Balaban J connectivity index is 1.12. The molecule has 0 spiro atoms. The van der Waals surface area contributed by atoms with Gasteiger partial charge in [-0.05, 0) is 86.1 Å². The van der Waals surface area contributed by atoms with Gasteiger partial charge in [0.1, 0.15) is 11.0 Å². The van der Waals surface area contributed by atoms with Crippen molar-refractivity contribution < 1.29 is 0 Å². The third-order valence-corrected chi connectivity index (χ3v) is 20.7. The molecule has 5 aromatic heterocycles. The van der Waals surface area contributed by atoms with Gasteiger partial charge < -0.3 is 0 Å². The maximum atomic E-state index is 5.14. The Morgan fingerprint density at radius 3 is 1.00 bits per heavy atom. The summed E-state index contributed by atoms with van der Waals surface area (Å²) in [5.41, 5.74) is 11.6. The predicted molar refractivity (Wildman–Crippen MR) is 294 cm³/mol. The number of nitrogens with zero attached hydrogens (tertiary/aromatic N) is 2. The minimum Gasteiger partial charge on any atom is -0.172 e. The van der Waals surface area contributed by atoms with Gasteiger partial charge in [0.15, 0.2) is 0 Å². The first-order valence-electron chi connectivity index (χ1n) is 26.7. The summed E-state index contributed by atoms with van der Waals surface area (Å²) in [5, 5.41) is 0. The average Bonchev–Trinajstić information content (AvgIpc) is 4.18. The summed E-state index contributed by atoms with van der Waals surface area (Å²) in [7, 11) is 0. The Bertz CT molecular complexity index is 2220. The fourth-order valence-electron chi connectivity index (χ4n) is 11.9. The van der Waals surface area contributed by atoms with Crippen molar-refractivity contribution in [3.8, 4) is 40.4 Å². The van der Waals surface area contributed by atoms with Crippen molar-refractivity contribution >= 4 is 68.1 Å². The first-order chi connectivity index (χ1) is 31.9. The van der Waals surface area contributed by atoms with Crippen LogP contribution in [0.1, 0.15) is 239 Å². The van der Waals surface area contributed by atoms with Crippen LogP contribution in [-0.2, 0) is 10.8 Å². The predicted octanol–water partition coefficient (Wildman–Crippen LogP) is 21.4. The third kappa shape index (κ3) is 10.6. The van der Waals surface area contributed by atoms with Crippen molar-refractivity contribution in [2.24, 2.45) is 0 Å². The number of aromatic nitrogens is 2. The molecule has 0 atom stereocenters. The lowest BCUT2D eigenvalue weighted by Crippen LogP contribution is -2.25. The molecular formula is C58H80N2S5. The first kappa shape index (κ1) is 49.3. The van der Waals surface area contributed by atoms with E-state index < -0.39 is 0 Å². The maximum absolute atomic E-state index is 5.14. The molecule has 6 aromatic rings. The average molecular weight is 966 g/mol. The third-order valence-electron chi connectivity index (χ3n) is 15.4. The molecule has 0 saturated heterocycles. The highest BCUT2D eigenvalue weighted by molar-refractivity contribution is 7.25. The molecular weight excluding hydrogens is 885 g/mol. The van der Waals surface area contributed by atoms with Crippen LogP contribution in [-0.4, -0.2) is 8.75 Å². The van der Waals surface area contributed by atoms with Crippen LogP contribution in [0.5, 0.6) is 0 Å². The molecule has 0 radical (unpaired) electrons. The summed E-state index contributed by atoms with van der Waals surface area (Å²) in [4.78, 5) is 11.9. The molecule has 0 aliphatic heterocycles. The van der Waals surface area contributed by atoms with Gasteiger partial charge in [-0.2, -0.15) is 8.75 Å². The lowest BCUT2D eigenvalue weighted by Gasteiger charge is -2.31. The molecule has 0 N–H and O–H groups in total. The van der Waals surface area contributed by atoms with Crippen LogP contribution in [0.15, 0.2) is 36.4 Å². The Kier molecular flexibility index (Phi) is 17.8. The summed E-state index contributed by atoms with van der Waals surface area (Å²) in [6, 6.07) is 15.3. The largest absolute Gasteiger partial charge is 0.172 e. The molecule has 0 saturated carbocycles. The van der Waals surface area contributed by atoms with Gasteiger partial charge in [0.2, 0.25) is 0 Å². The Labute approximate surface area is 414 Å². The van der Waals surface area contributed by atoms with E-state index >= 15 is 0 Å². The zero-order valence-electron chi connectivity index (χ0n) is 41.2. The van der Waals surface area contributed by atoms with Crippen LogP contribution in [0.4, 0.5) is 0 Å². The van der Waals surface area contributed by atoms with Gasteiger partial charge in [-0.15, -0.1) is 45.3 Å². The summed E-state index contributed by atoms with van der Waals surface area (Å²) >= 11 is 9.59. The van der Waals surface area contributed by atoms with E-state index in [0.717, 1.165) is 11.0 Å². The van der Waals surface area contributed by atoms with Gasteiger partial charge in [-0.25, -0.2) is 0 Å². The van der Waals surface area contributed by atoms with Crippen LogP contribution in [0, 0.1) is 13.8 Å². The van der Waals surface area contributed by atoms with E-state index in [-0.39, 0.29) is 10.8 Å². The van der Waals surface area contributed by atoms with Gasteiger partial charge in [-0.3, -0.25) is 0 Å². The van der Waals surface area contributed by atoms with Crippen molar-refractivity contribution in [2.75, 3.05) is 0 Å². The zero-order chi connectivity index (χ0) is 45.2. The summed E-state index contributed by atoms with van der Waals surface area (Å²) in [6.45, 7) is 14.0. The van der Waals surface area contributed by atoms with Gasteiger partial charge in [0, 0.05) is 61.0 Å². The van der Waals surface area contributed by atoms with Crippen molar-refractivity contribution in [2.45, 2.75) is 232 Å². The number of hydrogen-bond donors (Lipinski definition) is 0. The van der Waals surface area contributed by atoms with Gasteiger partial charge in [0.25, 0.3) is 0 Å². The topological polar surface area (TPSA) is 25.8 Å². The second kappa shape index (κ2) is 23.4. The summed E-state index contributed by atoms with van der Waals surface area (Å²) in [6.07, 6.45) is 37.6. The number of benzene rings is 1. The molecule has 0 fully saturated rings. The lowest BCUT2D eigenvalue weighted by atomic mass is 9.71. The van der Waals surface area contributed by atoms with Gasteiger partial charge in [0.05, 0.1) is 11.7 Å². The molecule has 2 aliphatic rings. The summed E-state index contributed by atoms with van der Waals surface area (Å²) < 4.78 is 10.3. The molecule has 0 unspecified atom stereocenters. The van der Waals surface area contributed by atoms with E-state index in [9.17, 15) is 0 Å². The number of aryl methyl sites for hydroxylation is 2. The number of thiophene rings is 4. The molecule has 5 heterocycles. The molecule has 0 amide bonds. The summed E-state index contributed by atoms with van der Waals surface area (Å²) in [5.74, 6) is 0. The molecule has 1 aromatic carbocycles. The normalized spacial score (nSPS) is 14.4. The minimum absolute atomic E-state index is 0.132. The van der Waals surface area contributed by atoms with Crippen molar-refractivity contribution in [1.82, 2.24) is 8.75 Å². The quantitative estimate of drug-likeness (QED) is 0.0420. The van der Waals surface area contributed by atoms with E-state index in [1.54, 1.807) is 41.8 Å². The fourth-order valence-corrected chi connectivity index (χ4v) is 17.6. The second-order valence-electron chi connectivity index (χ2n) is 20.3. The van der Waals surface area contributed by atoms with Crippen molar-refractivity contribution in [1.29, 1.82) is 0 Å². The molecule has 7 heteroatoms. The van der Waals surface area contributed by atoms with Crippen molar-refractivity contribution in [3.05, 3.63) is 68.4 Å². The number of hydrogen-bond acceptors (Lipinski definition) is 7.